The summed E-state index contributed by atoms with van der Waals surface area (Å²) < 4.78 is 7.34. The van der Waals surface area contributed by atoms with E-state index in [1.54, 1.807) is 11.3 Å². The highest BCUT2D eigenvalue weighted by Gasteiger charge is 2.14. The van der Waals surface area contributed by atoms with Gasteiger partial charge < -0.3 is 14.4 Å². The van der Waals surface area contributed by atoms with Crippen molar-refractivity contribution < 1.29 is 4.52 Å². The van der Waals surface area contributed by atoms with Crippen molar-refractivity contribution in [3.8, 4) is 5.82 Å². The van der Waals surface area contributed by atoms with Crippen molar-refractivity contribution >= 4 is 11.3 Å². The molecule has 3 aromatic heterocycles. The van der Waals surface area contributed by atoms with Gasteiger partial charge in [-0.15, -0.1) is 11.3 Å². The number of hydrogen-bond acceptors (Lipinski definition) is 4. The smallest absolute Gasteiger partial charge is 0.180 e. The molecule has 0 amide bonds. The first-order chi connectivity index (χ1) is 10.6. The van der Waals surface area contributed by atoms with Crippen molar-refractivity contribution in [2.45, 2.75) is 40.3 Å². The van der Waals surface area contributed by atoms with Crippen LogP contribution in [0.5, 0.6) is 0 Å². The van der Waals surface area contributed by atoms with E-state index in [-0.39, 0.29) is 0 Å². The summed E-state index contributed by atoms with van der Waals surface area (Å²) in [5.41, 5.74) is 3.67. The van der Waals surface area contributed by atoms with Gasteiger partial charge in [0.15, 0.2) is 5.82 Å². The number of nitrogens with zero attached hydrogens (tertiary/aromatic N) is 2. The van der Waals surface area contributed by atoms with Crippen LogP contribution in [-0.2, 0) is 6.54 Å². The van der Waals surface area contributed by atoms with Gasteiger partial charge in [-0.25, -0.2) is 0 Å². The average molecular weight is 315 g/mol. The van der Waals surface area contributed by atoms with Crippen LogP contribution >= 0.6 is 11.3 Å². The van der Waals surface area contributed by atoms with E-state index in [2.05, 4.69) is 59.4 Å². The second kappa shape index (κ2) is 6.10. The predicted molar refractivity (Wildman–Crippen MR) is 89.6 cm³/mol. The summed E-state index contributed by atoms with van der Waals surface area (Å²) in [6.07, 6.45) is 0. The van der Waals surface area contributed by atoms with E-state index < -0.39 is 0 Å². The summed E-state index contributed by atoms with van der Waals surface area (Å²) >= 11 is 1.79. The Morgan fingerprint density at radius 2 is 2.14 bits per heavy atom. The molecule has 0 saturated carbocycles. The number of rotatable bonds is 5. The van der Waals surface area contributed by atoms with Crippen molar-refractivity contribution in [3.63, 3.8) is 0 Å². The Balaban J connectivity index is 1.78. The fourth-order valence-corrected chi connectivity index (χ4v) is 3.48. The van der Waals surface area contributed by atoms with Crippen LogP contribution in [0.1, 0.15) is 40.6 Å². The van der Waals surface area contributed by atoms with E-state index in [4.69, 9.17) is 4.52 Å². The second-order valence-electron chi connectivity index (χ2n) is 5.65. The van der Waals surface area contributed by atoms with Crippen LogP contribution in [-0.4, -0.2) is 9.72 Å². The topological polar surface area (TPSA) is 43.0 Å². The van der Waals surface area contributed by atoms with Gasteiger partial charge in [-0.05, 0) is 50.8 Å². The minimum absolute atomic E-state index is 0.359. The number of thiophene rings is 1. The molecule has 22 heavy (non-hydrogen) atoms. The lowest BCUT2D eigenvalue weighted by molar-refractivity contribution is 0.394. The summed E-state index contributed by atoms with van der Waals surface area (Å²) in [5, 5.41) is 9.84. The Kier molecular flexibility index (Phi) is 4.18. The van der Waals surface area contributed by atoms with Crippen LogP contribution in [0.25, 0.3) is 5.82 Å². The number of aryl methyl sites for hydroxylation is 2. The molecule has 3 aromatic rings. The summed E-state index contributed by atoms with van der Waals surface area (Å²) in [6.45, 7) is 9.18. The fraction of sp³-hybridized carbons (Fsp3) is 0.353. The third kappa shape index (κ3) is 2.87. The van der Waals surface area contributed by atoms with Gasteiger partial charge in [-0.3, -0.25) is 0 Å². The lowest BCUT2D eigenvalue weighted by Gasteiger charge is -2.12. The van der Waals surface area contributed by atoms with E-state index >= 15 is 0 Å². The van der Waals surface area contributed by atoms with E-state index in [0.29, 0.717) is 6.04 Å². The minimum Gasteiger partial charge on any atom is -0.360 e. The molecule has 0 aromatic carbocycles. The summed E-state index contributed by atoms with van der Waals surface area (Å²) in [5.74, 6) is 1.68. The van der Waals surface area contributed by atoms with Gasteiger partial charge in [0.05, 0.1) is 0 Å². The quantitative estimate of drug-likeness (QED) is 0.763. The first-order valence-electron chi connectivity index (χ1n) is 7.44. The third-order valence-electron chi connectivity index (χ3n) is 3.95. The SMILES string of the molecule is Cc1cc(-n2c(C)cc(CN[C@@H](C)c3cccs3)c2C)no1. The van der Waals surface area contributed by atoms with Crippen molar-refractivity contribution in [2.24, 2.45) is 0 Å². The molecule has 1 atom stereocenters. The van der Waals surface area contributed by atoms with Gasteiger partial charge in [0.25, 0.3) is 0 Å². The largest absolute Gasteiger partial charge is 0.360 e. The Bertz CT molecular complexity index is 755. The standard InChI is InChI=1S/C17H21N3OS/c1-11-8-15(10-18-13(3)16-6-5-7-22-16)14(4)20(11)17-9-12(2)21-19-17/h5-9,13,18H,10H2,1-4H3/t13-/m0/s1. The molecule has 4 nitrogen and oxygen atoms in total. The molecule has 0 aliphatic heterocycles. The molecule has 3 heterocycles. The maximum absolute atomic E-state index is 5.20. The molecule has 0 aliphatic rings. The first-order valence-corrected chi connectivity index (χ1v) is 8.32. The molecule has 0 bridgehead atoms. The maximum Gasteiger partial charge on any atom is 0.180 e. The number of aromatic nitrogens is 2. The zero-order valence-corrected chi connectivity index (χ0v) is 14.2. The van der Waals surface area contributed by atoms with Crippen molar-refractivity contribution in [2.75, 3.05) is 0 Å². The number of hydrogen-bond donors (Lipinski definition) is 1. The Labute approximate surface area is 134 Å². The van der Waals surface area contributed by atoms with E-state index in [0.717, 1.165) is 18.1 Å². The second-order valence-corrected chi connectivity index (χ2v) is 6.62. The molecular formula is C17H21N3OS. The van der Waals surface area contributed by atoms with Crippen LogP contribution in [0.3, 0.4) is 0 Å². The van der Waals surface area contributed by atoms with Crippen molar-refractivity contribution in [1.29, 1.82) is 0 Å². The predicted octanol–water partition coefficient (Wildman–Crippen LogP) is 4.30. The van der Waals surface area contributed by atoms with Gasteiger partial charge in [0.1, 0.15) is 5.76 Å². The van der Waals surface area contributed by atoms with E-state index in [1.807, 2.05) is 13.0 Å². The lowest BCUT2D eigenvalue weighted by atomic mass is 10.2. The molecule has 5 heteroatoms. The van der Waals surface area contributed by atoms with Crippen molar-refractivity contribution in [1.82, 2.24) is 15.0 Å². The van der Waals surface area contributed by atoms with E-state index in [1.165, 1.54) is 21.8 Å². The normalized spacial score (nSPS) is 12.7. The molecule has 0 saturated heterocycles. The van der Waals surface area contributed by atoms with E-state index in [9.17, 15) is 0 Å². The molecule has 0 spiro atoms. The molecule has 0 aliphatic carbocycles. The first kappa shape index (κ1) is 15.1. The molecule has 0 radical (unpaired) electrons. The average Bonchev–Trinajstić information content (AvgIpc) is 3.19. The number of nitrogens with one attached hydrogen (secondary N) is 1. The zero-order chi connectivity index (χ0) is 15.7. The monoisotopic (exact) mass is 315 g/mol. The third-order valence-corrected chi connectivity index (χ3v) is 5.00. The summed E-state index contributed by atoms with van der Waals surface area (Å²) in [6, 6.07) is 8.80. The lowest BCUT2D eigenvalue weighted by Crippen LogP contribution is -2.17. The van der Waals surface area contributed by atoms with Crippen LogP contribution in [0, 0.1) is 20.8 Å². The van der Waals surface area contributed by atoms with Crippen LogP contribution in [0.15, 0.2) is 34.2 Å². The van der Waals surface area contributed by atoms with Gasteiger partial charge in [-0.1, -0.05) is 11.2 Å². The van der Waals surface area contributed by atoms with Crippen LogP contribution in [0.4, 0.5) is 0 Å². The molecule has 0 unspecified atom stereocenters. The maximum atomic E-state index is 5.20. The van der Waals surface area contributed by atoms with Crippen LogP contribution < -0.4 is 5.32 Å². The van der Waals surface area contributed by atoms with Crippen LogP contribution in [0.2, 0.25) is 0 Å². The van der Waals surface area contributed by atoms with Gasteiger partial charge in [0, 0.05) is 34.9 Å². The Morgan fingerprint density at radius 1 is 1.32 bits per heavy atom. The van der Waals surface area contributed by atoms with Gasteiger partial charge in [0.2, 0.25) is 0 Å². The molecule has 1 N–H and O–H groups in total. The summed E-state index contributed by atoms with van der Waals surface area (Å²) in [7, 11) is 0. The van der Waals surface area contributed by atoms with Crippen molar-refractivity contribution in [3.05, 3.63) is 57.2 Å². The summed E-state index contributed by atoms with van der Waals surface area (Å²) in [4.78, 5) is 1.36. The van der Waals surface area contributed by atoms with Gasteiger partial charge in [-0.2, -0.15) is 0 Å². The van der Waals surface area contributed by atoms with Gasteiger partial charge >= 0.3 is 0 Å². The Hall–Kier alpha value is -1.85. The molecular weight excluding hydrogens is 294 g/mol. The molecule has 3 rings (SSSR count). The minimum atomic E-state index is 0.359. The fourth-order valence-electron chi connectivity index (χ4n) is 2.72. The highest BCUT2D eigenvalue weighted by atomic mass is 32.1. The highest BCUT2D eigenvalue weighted by Crippen LogP contribution is 2.23. The molecule has 0 fully saturated rings. The Morgan fingerprint density at radius 3 is 2.77 bits per heavy atom. The zero-order valence-electron chi connectivity index (χ0n) is 13.4. The highest BCUT2D eigenvalue weighted by molar-refractivity contribution is 7.10. The molecule has 116 valence electrons.